The van der Waals surface area contributed by atoms with E-state index in [4.69, 9.17) is 20.3 Å². The van der Waals surface area contributed by atoms with Crippen LogP contribution in [0, 0.1) is 0 Å². The lowest BCUT2D eigenvalue weighted by atomic mass is 10.1. The minimum atomic E-state index is -4.14. The third-order valence-electron chi connectivity index (χ3n) is 5.35. The van der Waals surface area contributed by atoms with Crippen molar-refractivity contribution in [1.29, 1.82) is 0 Å². The molecule has 186 valence electrons. The molecule has 4 aromatic rings. The molecule has 0 saturated heterocycles. The van der Waals surface area contributed by atoms with E-state index in [1.54, 1.807) is 30.3 Å². The molecule has 0 atom stereocenters. The largest absolute Gasteiger partial charge is 0.495 e. The van der Waals surface area contributed by atoms with Gasteiger partial charge in [-0.25, -0.2) is 4.98 Å². The van der Waals surface area contributed by atoms with Gasteiger partial charge in [0.15, 0.2) is 5.65 Å². The molecule has 0 bridgehead atoms. The van der Waals surface area contributed by atoms with Crippen LogP contribution in [0.5, 0.6) is 11.5 Å². The molecule has 0 aliphatic rings. The predicted octanol–water partition coefficient (Wildman–Crippen LogP) is 2.37. The molecule has 4 rings (SSSR count). The Morgan fingerprint density at radius 3 is 2.36 bits per heavy atom. The number of amides is 1. The Balaban J connectivity index is 1.58. The number of pyridine rings is 1. The number of ether oxygens (including phenoxy) is 2. The minimum absolute atomic E-state index is 0.0242. The molecule has 0 saturated carbocycles. The van der Waals surface area contributed by atoms with Gasteiger partial charge in [-0.15, -0.1) is 4.09 Å². The van der Waals surface area contributed by atoms with Crippen LogP contribution in [0.4, 0.5) is 0 Å². The molecule has 12 heteroatoms. The maximum Gasteiger partial charge on any atom is 0.303 e. The van der Waals surface area contributed by atoms with Gasteiger partial charge in [0.05, 0.1) is 30.3 Å². The van der Waals surface area contributed by atoms with Crippen molar-refractivity contribution in [2.24, 2.45) is 5.73 Å². The van der Waals surface area contributed by atoms with E-state index >= 15 is 0 Å². The van der Waals surface area contributed by atoms with E-state index in [-0.39, 0.29) is 35.7 Å². The summed E-state index contributed by atoms with van der Waals surface area (Å²) in [6, 6.07) is 14.0. The standard InChI is InChI=1S/C24H22N4O7S/c1-34-18-12-20-21(10-11-22(29)30)27-28(24(20)26-13-18)36(32,33)19-8-6-17(7-9-19)35-14-15-2-4-16(5-3-15)23(25)31/h2-9,12-13H,10-11,14H2,1H3,(H2,25,31)(H,29,30). The number of nitrogens with zero attached hydrogens (tertiary/aromatic N) is 3. The fraction of sp³-hybridized carbons (Fsp3) is 0.167. The first kappa shape index (κ1) is 24.7. The number of aliphatic carboxylic acids is 1. The number of hydrogen-bond acceptors (Lipinski definition) is 8. The summed E-state index contributed by atoms with van der Waals surface area (Å²) in [5.41, 5.74) is 6.77. The van der Waals surface area contributed by atoms with Gasteiger partial charge < -0.3 is 20.3 Å². The molecule has 2 aromatic heterocycles. The summed E-state index contributed by atoms with van der Waals surface area (Å²) < 4.78 is 38.4. The van der Waals surface area contributed by atoms with Crippen LogP contribution in [-0.4, -0.2) is 46.7 Å². The number of primary amides is 1. The van der Waals surface area contributed by atoms with E-state index in [1.807, 2.05) is 0 Å². The summed E-state index contributed by atoms with van der Waals surface area (Å²) in [5.74, 6) is -0.728. The van der Waals surface area contributed by atoms with Crippen molar-refractivity contribution in [3.8, 4) is 11.5 Å². The average Bonchev–Trinajstić information content (AvgIpc) is 3.25. The van der Waals surface area contributed by atoms with Crippen LogP contribution < -0.4 is 15.2 Å². The monoisotopic (exact) mass is 510 g/mol. The van der Waals surface area contributed by atoms with Crippen LogP contribution in [0.3, 0.4) is 0 Å². The molecule has 0 aliphatic carbocycles. The van der Waals surface area contributed by atoms with Gasteiger partial charge in [-0.05, 0) is 48.0 Å². The zero-order valence-electron chi connectivity index (χ0n) is 19.1. The Morgan fingerprint density at radius 2 is 1.75 bits per heavy atom. The molecule has 2 aromatic carbocycles. The number of carboxylic acid groups (broad SMARTS) is 1. The number of hydrogen-bond donors (Lipinski definition) is 2. The lowest BCUT2D eigenvalue weighted by Gasteiger charge is -2.09. The Morgan fingerprint density at radius 1 is 1.06 bits per heavy atom. The van der Waals surface area contributed by atoms with Gasteiger partial charge in [-0.2, -0.15) is 13.5 Å². The smallest absolute Gasteiger partial charge is 0.303 e. The molecule has 0 spiro atoms. The van der Waals surface area contributed by atoms with Crippen LogP contribution in [-0.2, 0) is 27.8 Å². The van der Waals surface area contributed by atoms with Crippen LogP contribution in [0.25, 0.3) is 11.0 Å². The van der Waals surface area contributed by atoms with E-state index in [1.165, 1.54) is 37.6 Å². The van der Waals surface area contributed by atoms with Crippen molar-refractivity contribution in [2.75, 3.05) is 7.11 Å². The lowest BCUT2D eigenvalue weighted by molar-refractivity contribution is -0.136. The fourth-order valence-electron chi connectivity index (χ4n) is 3.44. The van der Waals surface area contributed by atoms with E-state index < -0.39 is 21.9 Å². The maximum absolute atomic E-state index is 13.4. The first-order chi connectivity index (χ1) is 17.2. The topological polar surface area (TPSA) is 164 Å². The summed E-state index contributed by atoms with van der Waals surface area (Å²) in [5, 5.41) is 13.6. The van der Waals surface area contributed by atoms with Crippen molar-refractivity contribution >= 4 is 32.9 Å². The molecule has 11 nitrogen and oxygen atoms in total. The van der Waals surface area contributed by atoms with Crippen molar-refractivity contribution in [2.45, 2.75) is 24.3 Å². The van der Waals surface area contributed by atoms with Gasteiger partial charge in [0, 0.05) is 17.4 Å². The number of methoxy groups -OCH3 is 1. The van der Waals surface area contributed by atoms with Gasteiger partial charge in [0.1, 0.15) is 18.1 Å². The van der Waals surface area contributed by atoms with Gasteiger partial charge in [-0.1, -0.05) is 12.1 Å². The summed E-state index contributed by atoms with van der Waals surface area (Å²) in [7, 11) is -2.70. The predicted molar refractivity (Wildman–Crippen MR) is 128 cm³/mol. The van der Waals surface area contributed by atoms with Crippen LogP contribution in [0.15, 0.2) is 65.7 Å². The zero-order chi connectivity index (χ0) is 25.9. The highest BCUT2D eigenvalue weighted by molar-refractivity contribution is 7.90. The van der Waals surface area contributed by atoms with Crippen molar-refractivity contribution in [3.63, 3.8) is 0 Å². The van der Waals surface area contributed by atoms with Gasteiger partial charge in [0.25, 0.3) is 10.0 Å². The molecule has 3 N–H and O–H groups in total. The number of carbonyl (C=O) groups is 2. The van der Waals surface area contributed by atoms with Gasteiger partial charge in [-0.3, -0.25) is 9.59 Å². The van der Waals surface area contributed by atoms with Crippen molar-refractivity contribution < 1.29 is 32.6 Å². The number of carbonyl (C=O) groups excluding carboxylic acids is 1. The van der Waals surface area contributed by atoms with Gasteiger partial charge >= 0.3 is 5.97 Å². The molecule has 36 heavy (non-hydrogen) atoms. The number of aromatic nitrogens is 3. The van der Waals surface area contributed by atoms with E-state index in [2.05, 4.69) is 10.1 Å². The normalized spacial score (nSPS) is 11.4. The lowest BCUT2D eigenvalue weighted by Crippen LogP contribution is -2.15. The summed E-state index contributed by atoms with van der Waals surface area (Å²) in [4.78, 5) is 26.4. The number of nitrogens with two attached hydrogens (primary N) is 1. The highest BCUT2D eigenvalue weighted by atomic mass is 32.2. The van der Waals surface area contributed by atoms with Crippen LogP contribution in [0.2, 0.25) is 0 Å². The Kier molecular flexibility index (Phi) is 6.88. The summed E-state index contributed by atoms with van der Waals surface area (Å²) in [6.45, 7) is 0.202. The first-order valence-electron chi connectivity index (χ1n) is 10.7. The second-order valence-corrected chi connectivity index (χ2v) is 9.52. The molecule has 0 fully saturated rings. The van der Waals surface area contributed by atoms with Crippen molar-refractivity contribution in [3.05, 3.63) is 77.6 Å². The molecule has 0 radical (unpaired) electrons. The zero-order valence-corrected chi connectivity index (χ0v) is 19.9. The SMILES string of the molecule is COc1cnc2c(c1)c(CCC(=O)O)nn2S(=O)(=O)c1ccc(OCc2ccc(C(N)=O)cc2)cc1. The van der Waals surface area contributed by atoms with E-state index in [9.17, 15) is 18.0 Å². The maximum atomic E-state index is 13.4. The van der Waals surface area contributed by atoms with E-state index in [0.717, 1.165) is 9.65 Å². The Bertz CT molecular complexity index is 1530. The molecule has 1 amide bonds. The highest BCUT2D eigenvalue weighted by Gasteiger charge is 2.25. The molecule has 2 heterocycles. The number of rotatable bonds is 10. The number of carboxylic acids is 1. The number of fused-ring (bicyclic) bond motifs is 1. The molecular formula is C24H22N4O7S. The fourth-order valence-corrected chi connectivity index (χ4v) is 4.70. The minimum Gasteiger partial charge on any atom is -0.495 e. The first-order valence-corrected chi connectivity index (χ1v) is 12.1. The molecular weight excluding hydrogens is 488 g/mol. The third-order valence-corrected chi connectivity index (χ3v) is 6.93. The van der Waals surface area contributed by atoms with Gasteiger partial charge in [0.2, 0.25) is 5.91 Å². The number of benzene rings is 2. The number of aryl methyl sites for hydroxylation is 1. The third kappa shape index (κ3) is 5.13. The van der Waals surface area contributed by atoms with Crippen LogP contribution >= 0.6 is 0 Å². The second-order valence-electron chi connectivity index (χ2n) is 7.76. The van der Waals surface area contributed by atoms with Crippen molar-refractivity contribution in [1.82, 2.24) is 14.2 Å². The Labute approximate surface area is 206 Å². The second kappa shape index (κ2) is 10.0. The highest BCUT2D eigenvalue weighted by Crippen LogP contribution is 2.27. The quantitative estimate of drug-likeness (QED) is 0.326. The van der Waals surface area contributed by atoms with Crippen LogP contribution in [0.1, 0.15) is 28.0 Å². The summed E-state index contributed by atoms with van der Waals surface area (Å²) in [6.07, 6.45) is 1.17. The Hall–Kier alpha value is -4.45. The molecule has 0 unspecified atom stereocenters. The molecule has 0 aliphatic heterocycles. The van der Waals surface area contributed by atoms with E-state index in [0.29, 0.717) is 22.4 Å². The summed E-state index contributed by atoms with van der Waals surface area (Å²) >= 11 is 0. The average molecular weight is 511 g/mol.